The first-order valence-corrected chi connectivity index (χ1v) is 8.67. The molecule has 0 saturated carbocycles. The number of imidazole rings is 1. The van der Waals surface area contributed by atoms with Gasteiger partial charge >= 0.3 is 0 Å². The summed E-state index contributed by atoms with van der Waals surface area (Å²) < 4.78 is 0. The Bertz CT molecular complexity index is 1040. The van der Waals surface area contributed by atoms with Crippen LogP contribution in [-0.2, 0) is 4.79 Å². The first-order valence-electron chi connectivity index (χ1n) is 7.85. The number of hydrogen-bond donors (Lipinski definition) is 2. The first kappa shape index (κ1) is 16.1. The van der Waals surface area contributed by atoms with E-state index in [1.807, 2.05) is 24.3 Å². The van der Waals surface area contributed by atoms with Gasteiger partial charge in [0.25, 0.3) is 0 Å². The molecule has 0 aliphatic rings. The minimum absolute atomic E-state index is 0.164. The van der Waals surface area contributed by atoms with E-state index < -0.39 is 0 Å². The summed E-state index contributed by atoms with van der Waals surface area (Å²) in [6, 6.07) is 7.51. The molecule has 4 aromatic rings. The van der Waals surface area contributed by atoms with Crippen LogP contribution in [0, 0.1) is 0 Å². The number of anilines is 1. The SMILES string of the molecule is CC(=O)Nc1cc(-c2nc(-c3ccncc3)c(-c3ncc[nH]3)s2)ccn1. The topological polar surface area (TPSA) is 96.5 Å². The van der Waals surface area contributed by atoms with Crippen LogP contribution in [0.2, 0.25) is 0 Å². The van der Waals surface area contributed by atoms with Crippen molar-refractivity contribution >= 4 is 23.1 Å². The fraction of sp³-hybridized carbons (Fsp3) is 0.0556. The number of carbonyl (C=O) groups is 1. The molecule has 128 valence electrons. The Hall–Kier alpha value is -3.39. The van der Waals surface area contributed by atoms with Crippen LogP contribution in [0.5, 0.6) is 0 Å². The average molecular weight is 362 g/mol. The van der Waals surface area contributed by atoms with E-state index in [0.717, 1.165) is 32.5 Å². The summed E-state index contributed by atoms with van der Waals surface area (Å²) in [6.45, 7) is 1.45. The van der Waals surface area contributed by atoms with Gasteiger partial charge in [-0.25, -0.2) is 15.0 Å². The van der Waals surface area contributed by atoms with Crippen LogP contribution in [0.1, 0.15) is 6.92 Å². The first-order chi connectivity index (χ1) is 12.7. The number of nitrogens with one attached hydrogen (secondary N) is 2. The fourth-order valence-corrected chi connectivity index (χ4v) is 3.55. The Morgan fingerprint density at radius 1 is 1.08 bits per heavy atom. The van der Waals surface area contributed by atoms with Gasteiger partial charge in [-0.1, -0.05) is 0 Å². The lowest BCUT2D eigenvalue weighted by molar-refractivity contribution is -0.114. The quantitative estimate of drug-likeness (QED) is 0.578. The number of hydrogen-bond acceptors (Lipinski definition) is 6. The molecule has 1 amide bonds. The predicted molar refractivity (Wildman–Crippen MR) is 100 cm³/mol. The lowest BCUT2D eigenvalue weighted by Gasteiger charge is -2.02. The van der Waals surface area contributed by atoms with E-state index in [4.69, 9.17) is 4.98 Å². The third kappa shape index (κ3) is 3.22. The van der Waals surface area contributed by atoms with Crippen molar-refractivity contribution < 1.29 is 4.79 Å². The van der Waals surface area contributed by atoms with Gasteiger partial charge in [0.05, 0.1) is 10.6 Å². The van der Waals surface area contributed by atoms with Crippen LogP contribution in [0.15, 0.2) is 55.2 Å². The van der Waals surface area contributed by atoms with Gasteiger partial charge in [0, 0.05) is 49.0 Å². The van der Waals surface area contributed by atoms with Crippen molar-refractivity contribution in [2.45, 2.75) is 6.92 Å². The number of aromatic nitrogens is 5. The summed E-state index contributed by atoms with van der Waals surface area (Å²) in [5, 5.41) is 3.51. The number of aromatic amines is 1. The third-order valence-electron chi connectivity index (χ3n) is 3.61. The number of thiazole rings is 1. The molecular formula is C18H14N6OS. The molecule has 0 bridgehead atoms. The molecule has 7 nitrogen and oxygen atoms in total. The maximum atomic E-state index is 11.3. The lowest BCUT2D eigenvalue weighted by atomic mass is 10.1. The number of rotatable bonds is 4. The Kier molecular flexibility index (Phi) is 4.24. The number of H-pyrrole nitrogens is 1. The summed E-state index contributed by atoms with van der Waals surface area (Å²) in [4.78, 5) is 32.8. The number of amides is 1. The van der Waals surface area contributed by atoms with E-state index in [-0.39, 0.29) is 5.91 Å². The van der Waals surface area contributed by atoms with E-state index in [1.54, 1.807) is 31.0 Å². The second-order valence-electron chi connectivity index (χ2n) is 5.48. The Balaban J connectivity index is 1.82. The van der Waals surface area contributed by atoms with Crippen molar-refractivity contribution in [3.8, 4) is 32.5 Å². The van der Waals surface area contributed by atoms with Crippen LogP contribution in [0.4, 0.5) is 5.82 Å². The standard InChI is InChI=1S/C18H14N6OS/c1-11(25)23-14-10-13(4-7-20-14)18-24-15(12-2-5-19-6-3-12)16(26-18)17-21-8-9-22-17/h2-10H,1H3,(H,21,22)(H,20,23,25). The highest BCUT2D eigenvalue weighted by molar-refractivity contribution is 7.18. The monoisotopic (exact) mass is 362 g/mol. The van der Waals surface area contributed by atoms with Crippen LogP contribution in [0.25, 0.3) is 32.5 Å². The van der Waals surface area contributed by atoms with Crippen molar-refractivity contribution in [3.05, 3.63) is 55.2 Å². The largest absolute Gasteiger partial charge is 0.344 e. The highest BCUT2D eigenvalue weighted by Gasteiger charge is 2.18. The summed E-state index contributed by atoms with van der Waals surface area (Å²) >= 11 is 1.53. The Labute approximate surface area is 153 Å². The Morgan fingerprint density at radius 2 is 1.88 bits per heavy atom. The van der Waals surface area contributed by atoms with Gasteiger partial charge in [0.1, 0.15) is 16.6 Å². The Morgan fingerprint density at radius 3 is 2.62 bits per heavy atom. The number of pyridine rings is 2. The molecule has 26 heavy (non-hydrogen) atoms. The maximum absolute atomic E-state index is 11.3. The van der Waals surface area contributed by atoms with Gasteiger partial charge in [-0.3, -0.25) is 9.78 Å². The average Bonchev–Trinajstić information content (AvgIpc) is 3.32. The van der Waals surface area contributed by atoms with Crippen molar-refractivity contribution in [1.29, 1.82) is 0 Å². The highest BCUT2D eigenvalue weighted by Crippen LogP contribution is 2.39. The van der Waals surface area contributed by atoms with Gasteiger partial charge in [0.2, 0.25) is 5.91 Å². The normalized spacial score (nSPS) is 10.7. The number of carbonyl (C=O) groups excluding carboxylic acids is 1. The van der Waals surface area contributed by atoms with Gasteiger partial charge in [0.15, 0.2) is 0 Å². The number of nitrogens with zero attached hydrogens (tertiary/aromatic N) is 4. The molecule has 0 spiro atoms. The maximum Gasteiger partial charge on any atom is 0.222 e. The summed E-state index contributed by atoms with van der Waals surface area (Å²) in [5.41, 5.74) is 2.67. The van der Waals surface area contributed by atoms with Crippen LogP contribution in [0.3, 0.4) is 0 Å². The summed E-state index contributed by atoms with van der Waals surface area (Å²) in [7, 11) is 0. The van der Waals surface area contributed by atoms with Crippen LogP contribution < -0.4 is 5.32 Å². The molecule has 4 aromatic heterocycles. The minimum atomic E-state index is -0.164. The van der Waals surface area contributed by atoms with Crippen molar-refractivity contribution in [2.24, 2.45) is 0 Å². The van der Waals surface area contributed by atoms with Crippen LogP contribution in [-0.4, -0.2) is 30.8 Å². The molecule has 4 rings (SSSR count). The highest BCUT2D eigenvalue weighted by atomic mass is 32.1. The molecule has 4 heterocycles. The zero-order chi connectivity index (χ0) is 17.9. The van der Waals surface area contributed by atoms with Gasteiger partial charge < -0.3 is 10.3 Å². The van der Waals surface area contributed by atoms with Gasteiger partial charge in [-0.15, -0.1) is 11.3 Å². The predicted octanol–water partition coefficient (Wildman–Crippen LogP) is 3.62. The zero-order valence-electron chi connectivity index (χ0n) is 13.8. The van der Waals surface area contributed by atoms with E-state index >= 15 is 0 Å². The minimum Gasteiger partial charge on any atom is -0.344 e. The molecule has 0 aromatic carbocycles. The van der Waals surface area contributed by atoms with E-state index in [9.17, 15) is 4.79 Å². The molecule has 0 fully saturated rings. The molecule has 0 unspecified atom stereocenters. The molecule has 0 saturated heterocycles. The van der Waals surface area contributed by atoms with E-state index in [2.05, 4.69) is 25.3 Å². The van der Waals surface area contributed by atoms with Crippen molar-refractivity contribution in [2.75, 3.05) is 5.32 Å². The smallest absolute Gasteiger partial charge is 0.222 e. The third-order valence-corrected chi connectivity index (χ3v) is 4.72. The molecule has 8 heteroatoms. The second kappa shape index (κ2) is 6.85. The van der Waals surface area contributed by atoms with Crippen molar-refractivity contribution in [3.63, 3.8) is 0 Å². The van der Waals surface area contributed by atoms with Gasteiger partial charge in [-0.2, -0.15) is 0 Å². The summed E-state index contributed by atoms with van der Waals surface area (Å²) in [6.07, 6.45) is 8.63. The fourth-order valence-electron chi connectivity index (χ4n) is 2.51. The molecule has 0 aliphatic heterocycles. The molecular weight excluding hydrogens is 348 g/mol. The lowest BCUT2D eigenvalue weighted by Crippen LogP contribution is -2.07. The molecule has 2 N–H and O–H groups in total. The van der Waals surface area contributed by atoms with E-state index in [1.165, 1.54) is 18.3 Å². The van der Waals surface area contributed by atoms with Gasteiger partial charge in [-0.05, 0) is 24.3 Å². The molecule has 0 aliphatic carbocycles. The van der Waals surface area contributed by atoms with E-state index in [0.29, 0.717) is 5.82 Å². The van der Waals surface area contributed by atoms with Crippen molar-refractivity contribution in [1.82, 2.24) is 24.9 Å². The molecule has 0 radical (unpaired) electrons. The molecule has 0 atom stereocenters. The zero-order valence-corrected chi connectivity index (χ0v) is 14.6. The van der Waals surface area contributed by atoms with Crippen LogP contribution >= 0.6 is 11.3 Å². The second-order valence-corrected chi connectivity index (χ2v) is 6.48. The summed E-state index contributed by atoms with van der Waals surface area (Å²) in [5.74, 6) is 1.09.